The largest absolute Gasteiger partial charge is 0.416 e. The molecule has 0 spiro atoms. The third kappa shape index (κ3) is 3.10. The zero-order valence-corrected chi connectivity index (χ0v) is 14.7. The summed E-state index contributed by atoms with van der Waals surface area (Å²) in [6.45, 7) is 0. The highest BCUT2D eigenvalue weighted by molar-refractivity contribution is 8.00. The van der Waals surface area contributed by atoms with Crippen LogP contribution in [0.25, 0.3) is 0 Å². The Labute approximate surface area is 152 Å². The highest BCUT2D eigenvalue weighted by atomic mass is 32.2. The summed E-state index contributed by atoms with van der Waals surface area (Å²) in [7, 11) is 0. The second kappa shape index (κ2) is 6.51. The molecule has 0 aromatic heterocycles. The lowest BCUT2D eigenvalue weighted by molar-refractivity contribution is -0.137. The van der Waals surface area contributed by atoms with Crippen molar-refractivity contribution in [1.29, 1.82) is 0 Å². The van der Waals surface area contributed by atoms with Crippen LogP contribution in [0.2, 0.25) is 0 Å². The van der Waals surface area contributed by atoms with E-state index in [4.69, 9.17) is 0 Å². The molecule has 2 nitrogen and oxygen atoms in total. The fraction of sp³-hybridized carbons (Fsp3) is 0.474. The van der Waals surface area contributed by atoms with Crippen molar-refractivity contribution in [1.82, 2.24) is 0 Å². The summed E-state index contributed by atoms with van der Waals surface area (Å²) < 4.78 is 53.6. The highest BCUT2D eigenvalue weighted by Gasteiger charge is 2.42. The van der Waals surface area contributed by atoms with E-state index in [2.05, 4.69) is 4.99 Å². The van der Waals surface area contributed by atoms with Crippen molar-refractivity contribution >= 4 is 23.3 Å². The Morgan fingerprint density at radius 2 is 1.88 bits per heavy atom. The van der Waals surface area contributed by atoms with Crippen LogP contribution in [0.5, 0.6) is 0 Å². The molecule has 1 aromatic carbocycles. The van der Waals surface area contributed by atoms with Gasteiger partial charge in [-0.05, 0) is 55.2 Å². The van der Waals surface area contributed by atoms with Crippen molar-refractivity contribution in [3.63, 3.8) is 0 Å². The standard InChI is InChI=1S/C19H17F4NOS/c20-12-8-10(7-11(9-12)19(21,22)23)16-17-13(3-1-5-15(17)25)24-14-4-2-6-26-18(14)16/h7-9,16,18H,1-6H2. The van der Waals surface area contributed by atoms with Crippen molar-refractivity contribution in [3.05, 3.63) is 46.4 Å². The van der Waals surface area contributed by atoms with Gasteiger partial charge in [0, 0.05) is 29.3 Å². The number of alkyl halides is 3. The number of rotatable bonds is 1. The predicted molar refractivity (Wildman–Crippen MR) is 92.9 cm³/mol. The number of ketones is 1. The summed E-state index contributed by atoms with van der Waals surface area (Å²) in [4.78, 5) is 17.3. The van der Waals surface area contributed by atoms with Crippen LogP contribution in [-0.4, -0.2) is 22.5 Å². The molecule has 0 radical (unpaired) electrons. The van der Waals surface area contributed by atoms with Gasteiger partial charge in [-0.2, -0.15) is 24.9 Å². The Bertz CT molecular complexity index is 827. The van der Waals surface area contributed by atoms with Crippen LogP contribution < -0.4 is 0 Å². The first-order valence-corrected chi connectivity index (χ1v) is 9.72. The Kier molecular flexibility index (Phi) is 4.45. The Morgan fingerprint density at radius 1 is 1.08 bits per heavy atom. The van der Waals surface area contributed by atoms with E-state index in [9.17, 15) is 22.4 Å². The average molecular weight is 383 g/mol. The van der Waals surface area contributed by atoms with Crippen LogP contribution in [0.15, 0.2) is 34.5 Å². The SMILES string of the molecule is O=C1CCCC2=C1C(c1cc(F)cc(C(F)(F)F)c1)C1SCCCC1=N2. The number of carbonyl (C=O) groups excluding carboxylic acids is 1. The van der Waals surface area contributed by atoms with E-state index >= 15 is 0 Å². The maximum absolute atomic E-state index is 14.0. The van der Waals surface area contributed by atoms with Gasteiger partial charge in [-0.25, -0.2) is 4.39 Å². The van der Waals surface area contributed by atoms with Gasteiger partial charge < -0.3 is 0 Å². The number of hydrogen-bond donors (Lipinski definition) is 0. The Morgan fingerprint density at radius 3 is 2.65 bits per heavy atom. The molecule has 0 amide bonds. The third-order valence-electron chi connectivity index (χ3n) is 5.13. The number of hydrogen-bond acceptors (Lipinski definition) is 3. The van der Waals surface area contributed by atoms with Gasteiger partial charge in [-0.1, -0.05) is 0 Å². The van der Waals surface area contributed by atoms with Crippen LogP contribution in [0.4, 0.5) is 17.6 Å². The molecule has 0 bridgehead atoms. The number of thioether (sulfide) groups is 1. The van der Waals surface area contributed by atoms with Gasteiger partial charge in [0.2, 0.25) is 0 Å². The van der Waals surface area contributed by atoms with Crippen LogP contribution in [-0.2, 0) is 11.0 Å². The zero-order valence-electron chi connectivity index (χ0n) is 13.9. The normalized spacial score (nSPS) is 26.3. The van der Waals surface area contributed by atoms with Crippen molar-refractivity contribution < 1.29 is 22.4 Å². The maximum Gasteiger partial charge on any atom is 0.416 e. The number of carbonyl (C=O) groups is 1. The van der Waals surface area contributed by atoms with E-state index in [0.717, 1.165) is 36.4 Å². The molecule has 2 heterocycles. The monoisotopic (exact) mass is 383 g/mol. The molecule has 3 aliphatic rings. The molecule has 2 atom stereocenters. The van der Waals surface area contributed by atoms with Gasteiger partial charge in [0.05, 0.1) is 10.8 Å². The summed E-state index contributed by atoms with van der Waals surface area (Å²) in [5.74, 6) is -0.682. The van der Waals surface area contributed by atoms with E-state index in [1.165, 1.54) is 0 Å². The fourth-order valence-corrected chi connectivity index (χ4v) is 5.46. The third-order valence-corrected chi connectivity index (χ3v) is 6.56. The van der Waals surface area contributed by atoms with Crippen LogP contribution in [0, 0.1) is 5.82 Å². The molecule has 1 aromatic rings. The van der Waals surface area contributed by atoms with Crippen LogP contribution in [0.3, 0.4) is 0 Å². The smallest absolute Gasteiger partial charge is 0.294 e. The van der Waals surface area contributed by atoms with Crippen molar-refractivity contribution in [2.45, 2.75) is 49.4 Å². The lowest BCUT2D eigenvalue weighted by atomic mass is 9.76. The van der Waals surface area contributed by atoms with E-state index in [-0.39, 0.29) is 16.6 Å². The molecule has 26 heavy (non-hydrogen) atoms. The molecule has 1 fully saturated rings. The van der Waals surface area contributed by atoms with E-state index in [0.29, 0.717) is 36.6 Å². The molecule has 138 valence electrons. The molecule has 0 N–H and O–H groups in total. The maximum atomic E-state index is 14.0. The van der Waals surface area contributed by atoms with Crippen molar-refractivity contribution in [3.8, 4) is 0 Å². The molecule has 2 unspecified atom stereocenters. The molecule has 2 aliphatic heterocycles. The molecular formula is C19H17F4NOS. The van der Waals surface area contributed by atoms with E-state index in [1.54, 1.807) is 11.8 Å². The summed E-state index contributed by atoms with van der Waals surface area (Å²) in [6.07, 6.45) is -1.16. The number of Topliss-reactive ketones (excluding diaryl/α,β-unsaturated/α-hetero) is 1. The average Bonchev–Trinajstić information content (AvgIpc) is 2.59. The fourth-order valence-electron chi connectivity index (χ4n) is 4.05. The molecule has 0 saturated carbocycles. The van der Waals surface area contributed by atoms with Gasteiger partial charge in [0.1, 0.15) is 5.82 Å². The molecule has 1 saturated heterocycles. The Balaban J connectivity index is 1.88. The zero-order chi connectivity index (χ0) is 18.5. The molecular weight excluding hydrogens is 366 g/mol. The lowest BCUT2D eigenvalue weighted by Crippen LogP contribution is -2.37. The number of nitrogens with zero attached hydrogens (tertiary/aromatic N) is 1. The minimum absolute atomic E-state index is 0.0666. The first-order chi connectivity index (χ1) is 12.3. The number of halogens is 4. The van der Waals surface area contributed by atoms with E-state index < -0.39 is 23.5 Å². The van der Waals surface area contributed by atoms with Gasteiger partial charge >= 0.3 is 6.18 Å². The van der Waals surface area contributed by atoms with Crippen LogP contribution >= 0.6 is 11.8 Å². The Hall–Kier alpha value is -1.63. The summed E-state index contributed by atoms with van der Waals surface area (Å²) in [5.41, 5.74) is 1.34. The second-order valence-corrected chi connectivity index (χ2v) is 8.13. The quantitative estimate of drug-likeness (QED) is 0.617. The van der Waals surface area contributed by atoms with Gasteiger partial charge in [-0.15, -0.1) is 0 Å². The highest BCUT2D eigenvalue weighted by Crippen LogP contribution is 2.47. The topological polar surface area (TPSA) is 29.4 Å². The molecule has 4 rings (SSSR count). The summed E-state index contributed by atoms with van der Waals surface area (Å²) in [5, 5.41) is -0.188. The van der Waals surface area contributed by atoms with E-state index in [1.807, 2.05) is 0 Å². The lowest BCUT2D eigenvalue weighted by Gasteiger charge is -2.38. The van der Waals surface area contributed by atoms with Gasteiger partial charge in [-0.3, -0.25) is 9.79 Å². The summed E-state index contributed by atoms with van der Waals surface area (Å²) in [6, 6.07) is 2.65. The minimum atomic E-state index is -4.63. The first-order valence-electron chi connectivity index (χ1n) is 8.67. The number of aliphatic imine (C=N–C) groups is 1. The first kappa shape index (κ1) is 17.8. The summed E-state index contributed by atoms with van der Waals surface area (Å²) >= 11 is 1.61. The van der Waals surface area contributed by atoms with Crippen LogP contribution in [0.1, 0.15) is 49.1 Å². The molecule has 7 heteroatoms. The second-order valence-electron chi connectivity index (χ2n) is 6.88. The minimum Gasteiger partial charge on any atom is -0.294 e. The van der Waals surface area contributed by atoms with Crippen molar-refractivity contribution in [2.75, 3.05) is 5.75 Å². The molecule has 1 aliphatic carbocycles. The van der Waals surface area contributed by atoms with Gasteiger partial charge in [0.15, 0.2) is 5.78 Å². The predicted octanol–water partition coefficient (Wildman–Crippen LogP) is 5.29. The van der Waals surface area contributed by atoms with Crippen molar-refractivity contribution in [2.24, 2.45) is 4.99 Å². The van der Waals surface area contributed by atoms with Gasteiger partial charge in [0.25, 0.3) is 0 Å². The number of benzene rings is 1. The number of allylic oxidation sites excluding steroid dienone is 2. The number of fused-ring (bicyclic) bond motifs is 1.